The molecule has 2 aromatic rings. The fourth-order valence-electron chi connectivity index (χ4n) is 3.03. The minimum atomic E-state index is -4.20. The Morgan fingerprint density at radius 2 is 1.71 bits per heavy atom. The Morgan fingerprint density at radius 3 is 2.35 bits per heavy atom. The number of carbonyl (C=O) groups excluding carboxylic acids is 2. The van der Waals surface area contributed by atoms with E-state index >= 15 is 0 Å². The third-order valence-corrected chi connectivity index (χ3v) is 6.62. The van der Waals surface area contributed by atoms with E-state index in [2.05, 4.69) is 6.58 Å². The molecule has 0 aliphatic carbocycles. The van der Waals surface area contributed by atoms with Gasteiger partial charge < -0.3 is 19.1 Å². The minimum Gasteiger partial charge on any atom is -0.459 e. The molecular formula is C25H25NO7S. The fraction of sp³-hybridized carbons (Fsp3) is 0.200. The van der Waals surface area contributed by atoms with Crippen molar-refractivity contribution in [3.8, 4) is 5.75 Å². The molecule has 8 nitrogen and oxygen atoms in total. The number of aryl methyl sites for hydroxylation is 1. The molecule has 0 unspecified atom stereocenters. The first-order chi connectivity index (χ1) is 16.1. The summed E-state index contributed by atoms with van der Waals surface area (Å²) in [6.45, 7) is 6.33. The Kier molecular flexibility index (Phi) is 7.57. The third-order valence-electron chi connectivity index (χ3n) is 4.84. The van der Waals surface area contributed by atoms with Gasteiger partial charge in [-0.3, -0.25) is 0 Å². The maximum atomic E-state index is 13.2. The van der Waals surface area contributed by atoms with Crippen LogP contribution in [0.4, 0.5) is 5.69 Å². The van der Waals surface area contributed by atoms with Crippen molar-refractivity contribution >= 4 is 27.5 Å². The van der Waals surface area contributed by atoms with Crippen molar-refractivity contribution in [2.75, 3.05) is 25.2 Å². The van der Waals surface area contributed by atoms with Crippen molar-refractivity contribution < 1.29 is 32.2 Å². The maximum absolute atomic E-state index is 13.2. The van der Waals surface area contributed by atoms with Gasteiger partial charge in [-0.15, -0.1) is 0 Å². The van der Waals surface area contributed by atoms with Crippen LogP contribution >= 0.6 is 0 Å². The molecule has 0 bridgehead atoms. The number of allylic oxidation sites excluding steroid dienone is 2. The first-order valence-electron chi connectivity index (χ1n) is 10.4. The van der Waals surface area contributed by atoms with Gasteiger partial charge in [-0.25, -0.2) is 18.0 Å². The Bertz CT molecular complexity index is 1280. The summed E-state index contributed by atoms with van der Waals surface area (Å²) in [6.07, 6.45) is 2.54. The molecule has 0 saturated carbocycles. The van der Waals surface area contributed by atoms with Crippen molar-refractivity contribution in [2.45, 2.75) is 18.7 Å². The van der Waals surface area contributed by atoms with Crippen LogP contribution in [0, 0.1) is 6.92 Å². The highest BCUT2D eigenvalue weighted by molar-refractivity contribution is 7.96. The maximum Gasteiger partial charge on any atom is 0.350 e. The molecule has 0 radical (unpaired) electrons. The van der Waals surface area contributed by atoms with Crippen LogP contribution in [0.3, 0.4) is 0 Å². The van der Waals surface area contributed by atoms with Crippen LogP contribution in [0.15, 0.2) is 88.5 Å². The van der Waals surface area contributed by atoms with E-state index in [1.807, 2.05) is 25.1 Å². The summed E-state index contributed by atoms with van der Waals surface area (Å²) < 4.78 is 42.2. The van der Waals surface area contributed by atoms with Gasteiger partial charge in [-0.1, -0.05) is 30.8 Å². The summed E-state index contributed by atoms with van der Waals surface area (Å²) in [6, 6.07) is 13.2. The molecule has 1 aliphatic heterocycles. The van der Waals surface area contributed by atoms with Crippen LogP contribution in [0.1, 0.15) is 12.5 Å². The van der Waals surface area contributed by atoms with Crippen LogP contribution < -0.4 is 9.64 Å². The first-order valence-corrected chi connectivity index (χ1v) is 11.8. The summed E-state index contributed by atoms with van der Waals surface area (Å²) in [5.74, 6) is -0.766. The van der Waals surface area contributed by atoms with Crippen molar-refractivity contribution in [3.63, 3.8) is 0 Å². The zero-order valence-corrected chi connectivity index (χ0v) is 19.9. The summed E-state index contributed by atoms with van der Waals surface area (Å²) >= 11 is 0. The molecule has 0 atom stereocenters. The molecule has 0 saturated heterocycles. The van der Waals surface area contributed by atoms with E-state index in [4.69, 9.17) is 14.2 Å². The summed E-state index contributed by atoms with van der Waals surface area (Å²) in [5, 5.41) is 0. The fourth-order valence-corrected chi connectivity index (χ4v) is 4.32. The average Bonchev–Trinajstić information content (AvgIpc) is 3.12. The Morgan fingerprint density at radius 1 is 1.06 bits per heavy atom. The monoisotopic (exact) mass is 483 g/mol. The van der Waals surface area contributed by atoms with Crippen LogP contribution in [0.25, 0.3) is 0 Å². The van der Waals surface area contributed by atoms with Gasteiger partial charge in [0.2, 0.25) is 9.84 Å². The largest absolute Gasteiger partial charge is 0.459 e. The average molecular weight is 484 g/mol. The quantitative estimate of drug-likeness (QED) is 0.319. The molecule has 34 heavy (non-hydrogen) atoms. The lowest BCUT2D eigenvalue weighted by Crippen LogP contribution is -2.20. The smallest absolute Gasteiger partial charge is 0.350 e. The van der Waals surface area contributed by atoms with E-state index in [0.29, 0.717) is 11.6 Å². The summed E-state index contributed by atoms with van der Waals surface area (Å²) in [7, 11) is -2.44. The molecule has 1 aliphatic rings. The van der Waals surface area contributed by atoms with E-state index in [9.17, 15) is 18.0 Å². The predicted octanol–water partition coefficient (Wildman–Crippen LogP) is 3.69. The number of rotatable bonds is 8. The van der Waals surface area contributed by atoms with Crippen LogP contribution in [0.5, 0.6) is 5.75 Å². The standard InChI is InChI=1S/C25H25NO7S/c1-17(2)24(27)31-14-15-32-25(28)22(34(29,30)19-8-6-5-7-9-19)12-13-23-26(4)20-16-18(3)10-11-21(20)33-23/h5-13,16H,1,14-15H2,2-4H3/b22-12-,23-13-. The lowest BCUT2D eigenvalue weighted by atomic mass is 10.2. The van der Waals surface area contributed by atoms with Gasteiger partial charge >= 0.3 is 11.9 Å². The number of esters is 2. The van der Waals surface area contributed by atoms with E-state index < -0.39 is 26.7 Å². The number of fused-ring (bicyclic) bond motifs is 1. The zero-order valence-electron chi connectivity index (χ0n) is 19.1. The predicted molar refractivity (Wildman–Crippen MR) is 127 cm³/mol. The molecule has 9 heteroatoms. The van der Waals surface area contributed by atoms with Gasteiger partial charge in [0.15, 0.2) is 16.5 Å². The zero-order chi connectivity index (χ0) is 24.9. The second kappa shape index (κ2) is 10.4. The molecule has 0 spiro atoms. The number of sulfone groups is 1. The summed E-state index contributed by atoms with van der Waals surface area (Å²) in [4.78, 5) is 25.3. The van der Waals surface area contributed by atoms with Crippen LogP contribution in [-0.4, -0.2) is 40.6 Å². The summed E-state index contributed by atoms with van der Waals surface area (Å²) in [5.41, 5.74) is 2.05. The van der Waals surface area contributed by atoms with Gasteiger partial charge in [0.05, 0.1) is 10.6 Å². The molecule has 0 fully saturated rings. The molecule has 0 aromatic heterocycles. The van der Waals surface area contributed by atoms with E-state index in [-0.39, 0.29) is 23.7 Å². The number of carbonyl (C=O) groups is 2. The molecule has 178 valence electrons. The third kappa shape index (κ3) is 5.55. The lowest BCUT2D eigenvalue weighted by molar-refractivity contribution is -0.146. The Labute approximate surface area is 198 Å². The van der Waals surface area contributed by atoms with Crippen molar-refractivity contribution in [3.05, 3.63) is 89.2 Å². The highest BCUT2D eigenvalue weighted by atomic mass is 32.2. The number of ether oxygens (including phenoxy) is 3. The van der Waals surface area contributed by atoms with E-state index in [0.717, 1.165) is 17.3 Å². The van der Waals surface area contributed by atoms with Gasteiger partial charge in [-0.2, -0.15) is 0 Å². The number of anilines is 1. The van der Waals surface area contributed by atoms with Crippen molar-refractivity contribution in [1.82, 2.24) is 0 Å². The molecule has 0 amide bonds. The lowest BCUT2D eigenvalue weighted by Gasteiger charge is -2.12. The SMILES string of the molecule is C=C(C)C(=O)OCCOC(=O)/C(=C/C=C1\Oc2ccc(C)cc2N1C)S(=O)(=O)c1ccccc1. The Hall–Kier alpha value is -3.85. The van der Waals surface area contributed by atoms with Crippen LogP contribution in [0.2, 0.25) is 0 Å². The van der Waals surface area contributed by atoms with Gasteiger partial charge in [0.25, 0.3) is 0 Å². The molecule has 1 heterocycles. The second-order valence-electron chi connectivity index (χ2n) is 7.54. The van der Waals surface area contributed by atoms with Crippen molar-refractivity contribution in [2.24, 2.45) is 0 Å². The molecule has 3 rings (SSSR count). The van der Waals surface area contributed by atoms with E-state index in [1.165, 1.54) is 25.1 Å². The Balaban J connectivity index is 1.87. The second-order valence-corrected chi connectivity index (χ2v) is 9.45. The molecule has 0 N–H and O–H groups in total. The normalized spacial score (nSPS) is 14.4. The molecule has 2 aromatic carbocycles. The number of hydrogen-bond acceptors (Lipinski definition) is 8. The highest BCUT2D eigenvalue weighted by Crippen LogP contribution is 2.38. The van der Waals surface area contributed by atoms with Gasteiger partial charge in [0.1, 0.15) is 13.2 Å². The number of nitrogens with zero attached hydrogens (tertiary/aromatic N) is 1. The van der Waals surface area contributed by atoms with E-state index in [1.54, 1.807) is 30.1 Å². The minimum absolute atomic E-state index is 0.0649. The van der Waals surface area contributed by atoms with Crippen molar-refractivity contribution in [1.29, 1.82) is 0 Å². The number of hydrogen-bond donors (Lipinski definition) is 0. The number of benzene rings is 2. The highest BCUT2D eigenvalue weighted by Gasteiger charge is 2.29. The first kappa shape index (κ1) is 24.8. The molecular weight excluding hydrogens is 458 g/mol. The van der Waals surface area contributed by atoms with Gasteiger partial charge in [0, 0.05) is 18.7 Å². The van der Waals surface area contributed by atoms with Gasteiger partial charge in [-0.05, 0) is 49.8 Å². The van der Waals surface area contributed by atoms with Crippen LogP contribution in [-0.2, 0) is 28.9 Å². The topological polar surface area (TPSA) is 99.2 Å².